The van der Waals surface area contributed by atoms with E-state index in [1.807, 2.05) is 6.92 Å². The summed E-state index contributed by atoms with van der Waals surface area (Å²) in [7, 11) is 0. The first-order chi connectivity index (χ1) is 10.0. The first-order valence-corrected chi connectivity index (χ1v) is 6.71. The van der Waals surface area contributed by atoms with Crippen LogP contribution < -0.4 is 15.6 Å². The van der Waals surface area contributed by atoms with Crippen molar-refractivity contribution >= 4 is 35.1 Å². The second-order valence-electron chi connectivity index (χ2n) is 4.10. The molecule has 0 aliphatic rings. The Morgan fingerprint density at radius 2 is 2.00 bits per heavy atom. The van der Waals surface area contributed by atoms with E-state index in [2.05, 4.69) is 20.8 Å². The molecule has 0 unspecified atom stereocenters. The summed E-state index contributed by atoms with van der Waals surface area (Å²) in [6, 6.07) is 5.16. The van der Waals surface area contributed by atoms with Crippen molar-refractivity contribution in [3.8, 4) is 5.75 Å². The fourth-order valence-corrected chi connectivity index (χ4v) is 1.61. The van der Waals surface area contributed by atoms with Crippen LogP contribution in [-0.4, -0.2) is 22.5 Å². The number of aryl methyl sites for hydroxylation is 1. The number of hydrogen-bond donors (Lipinski definition) is 2. The monoisotopic (exact) mass is 326 g/mol. The minimum atomic E-state index is -0.374. The van der Waals surface area contributed by atoms with E-state index in [1.54, 1.807) is 18.2 Å². The minimum absolute atomic E-state index is 0.151. The number of benzene rings is 1. The maximum absolute atomic E-state index is 11.6. The number of carbonyl (C=O) groups is 1. The Morgan fingerprint density at radius 1 is 1.29 bits per heavy atom. The van der Waals surface area contributed by atoms with Crippen molar-refractivity contribution in [3.05, 3.63) is 46.2 Å². The highest BCUT2D eigenvalue weighted by Crippen LogP contribution is 2.20. The fraction of sp³-hybridized carbons (Fsp3) is 0.154. The first-order valence-electron chi connectivity index (χ1n) is 5.96. The quantitative estimate of drug-likeness (QED) is 0.826. The average molecular weight is 327 g/mol. The number of carbonyl (C=O) groups excluding carboxylic acids is 1. The Labute approximate surface area is 131 Å². The lowest BCUT2D eigenvalue weighted by Gasteiger charge is -2.09. The standard InChI is InChI=1S/C13H12Cl2N4O2/c1-8-4-10(2-3-11(8)15)21-7-12(20)18-19-13-16-5-9(14)6-17-13/h2-6H,7H2,1H3,(H,18,20)(H,16,17,19). The molecule has 0 fully saturated rings. The summed E-state index contributed by atoms with van der Waals surface area (Å²) in [5.41, 5.74) is 5.83. The highest BCUT2D eigenvalue weighted by molar-refractivity contribution is 6.31. The van der Waals surface area contributed by atoms with E-state index in [4.69, 9.17) is 27.9 Å². The predicted octanol–water partition coefficient (Wildman–Crippen LogP) is 2.61. The third-order valence-corrected chi connectivity index (χ3v) is 3.05. The van der Waals surface area contributed by atoms with Crippen LogP contribution in [0.5, 0.6) is 5.75 Å². The average Bonchev–Trinajstić information content (AvgIpc) is 2.48. The molecule has 21 heavy (non-hydrogen) atoms. The molecular formula is C13H12Cl2N4O2. The number of rotatable bonds is 5. The van der Waals surface area contributed by atoms with Crippen LogP contribution in [0.4, 0.5) is 5.95 Å². The number of nitrogens with zero attached hydrogens (tertiary/aromatic N) is 2. The zero-order valence-electron chi connectivity index (χ0n) is 11.1. The number of hydrogen-bond acceptors (Lipinski definition) is 5. The van der Waals surface area contributed by atoms with Crippen LogP contribution in [-0.2, 0) is 4.79 Å². The van der Waals surface area contributed by atoms with Gasteiger partial charge in [-0.2, -0.15) is 0 Å². The van der Waals surface area contributed by atoms with Gasteiger partial charge in [0.25, 0.3) is 5.91 Å². The summed E-state index contributed by atoms with van der Waals surface area (Å²) in [5, 5.41) is 1.06. The maximum atomic E-state index is 11.6. The molecular weight excluding hydrogens is 315 g/mol. The minimum Gasteiger partial charge on any atom is -0.484 e. The van der Waals surface area contributed by atoms with E-state index < -0.39 is 0 Å². The molecule has 0 atom stereocenters. The van der Waals surface area contributed by atoms with Crippen LogP contribution in [0.3, 0.4) is 0 Å². The predicted molar refractivity (Wildman–Crippen MR) is 80.5 cm³/mol. The Hall–Kier alpha value is -2.05. The van der Waals surface area contributed by atoms with E-state index in [1.165, 1.54) is 12.4 Å². The Kier molecular flexibility index (Phi) is 5.19. The van der Waals surface area contributed by atoms with Gasteiger partial charge in [0, 0.05) is 5.02 Å². The SMILES string of the molecule is Cc1cc(OCC(=O)NNc2ncc(Cl)cn2)ccc1Cl. The molecule has 0 spiro atoms. The van der Waals surface area contributed by atoms with Gasteiger partial charge in [0.05, 0.1) is 17.4 Å². The Bertz CT molecular complexity index is 635. The summed E-state index contributed by atoms with van der Waals surface area (Å²) >= 11 is 11.6. The zero-order chi connectivity index (χ0) is 15.2. The van der Waals surface area contributed by atoms with Crippen molar-refractivity contribution in [2.75, 3.05) is 12.0 Å². The summed E-state index contributed by atoms with van der Waals surface area (Å²) in [6.07, 6.45) is 2.83. The number of ether oxygens (including phenoxy) is 1. The van der Waals surface area contributed by atoms with Gasteiger partial charge in [-0.1, -0.05) is 23.2 Å². The molecule has 2 aromatic rings. The van der Waals surface area contributed by atoms with Gasteiger partial charge in [-0.05, 0) is 30.7 Å². The van der Waals surface area contributed by atoms with E-state index in [0.29, 0.717) is 15.8 Å². The topological polar surface area (TPSA) is 76.1 Å². The Morgan fingerprint density at radius 3 is 2.67 bits per heavy atom. The van der Waals surface area contributed by atoms with Crippen LogP contribution >= 0.6 is 23.2 Å². The second-order valence-corrected chi connectivity index (χ2v) is 4.94. The number of hydrazine groups is 1. The first kappa shape index (κ1) is 15.3. The molecule has 0 bridgehead atoms. The smallest absolute Gasteiger partial charge is 0.276 e. The van der Waals surface area contributed by atoms with Crippen molar-refractivity contribution in [2.45, 2.75) is 6.92 Å². The van der Waals surface area contributed by atoms with E-state index in [0.717, 1.165) is 5.56 Å². The van der Waals surface area contributed by atoms with E-state index in [9.17, 15) is 4.79 Å². The molecule has 2 N–H and O–H groups in total. The summed E-state index contributed by atoms with van der Waals surface area (Å²) < 4.78 is 5.34. The van der Waals surface area contributed by atoms with Crippen LogP contribution in [0.1, 0.15) is 5.56 Å². The van der Waals surface area contributed by atoms with Crippen LogP contribution in [0.15, 0.2) is 30.6 Å². The van der Waals surface area contributed by atoms with Crippen molar-refractivity contribution in [1.82, 2.24) is 15.4 Å². The van der Waals surface area contributed by atoms with Gasteiger partial charge in [-0.15, -0.1) is 0 Å². The molecule has 1 amide bonds. The molecule has 0 radical (unpaired) electrons. The van der Waals surface area contributed by atoms with Crippen molar-refractivity contribution in [3.63, 3.8) is 0 Å². The van der Waals surface area contributed by atoms with Crippen molar-refractivity contribution in [2.24, 2.45) is 0 Å². The van der Waals surface area contributed by atoms with Crippen molar-refractivity contribution in [1.29, 1.82) is 0 Å². The van der Waals surface area contributed by atoms with Gasteiger partial charge in [-0.3, -0.25) is 15.6 Å². The number of nitrogens with one attached hydrogen (secondary N) is 2. The lowest BCUT2D eigenvalue weighted by Crippen LogP contribution is -2.34. The molecule has 8 heteroatoms. The van der Waals surface area contributed by atoms with Crippen LogP contribution in [0.2, 0.25) is 10.0 Å². The molecule has 1 heterocycles. The Balaban J connectivity index is 1.79. The van der Waals surface area contributed by atoms with E-state index in [-0.39, 0.29) is 18.5 Å². The zero-order valence-corrected chi connectivity index (χ0v) is 12.6. The maximum Gasteiger partial charge on any atom is 0.276 e. The molecule has 1 aromatic carbocycles. The largest absolute Gasteiger partial charge is 0.484 e. The number of anilines is 1. The molecule has 6 nitrogen and oxygen atoms in total. The second kappa shape index (κ2) is 7.10. The van der Waals surface area contributed by atoms with Crippen molar-refractivity contribution < 1.29 is 9.53 Å². The molecule has 0 saturated heterocycles. The lowest BCUT2D eigenvalue weighted by atomic mass is 10.2. The van der Waals surface area contributed by atoms with Crippen LogP contribution in [0, 0.1) is 6.92 Å². The van der Waals surface area contributed by atoms with Gasteiger partial charge in [0.1, 0.15) is 5.75 Å². The van der Waals surface area contributed by atoms with Gasteiger partial charge in [0.2, 0.25) is 5.95 Å². The highest BCUT2D eigenvalue weighted by Gasteiger charge is 2.04. The highest BCUT2D eigenvalue weighted by atomic mass is 35.5. The van der Waals surface area contributed by atoms with Gasteiger partial charge < -0.3 is 4.74 Å². The number of amides is 1. The molecule has 0 aliphatic carbocycles. The molecule has 0 aliphatic heterocycles. The molecule has 2 rings (SSSR count). The normalized spacial score (nSPS) is 10.0. The molecule has 0 saturated carbocycles. The fourth-order valence-electron chi connectivity index (χ4n) is 1.39. The molecule has 110 valence electrons. The van der Waals surface area contributed by atoms with Gasteiger partial charge in [-0.25, -0.2) is 9.97 Å². The van der Waals surface area contributed by atoms with E-state index >= 15 is 0 Å². The van der Waals surface area contributed by atoms with Crippen LogP contribution in [0.25, 0.3) is 0 Å². The lowest BCUT2D eigenvalue weighted by molar-refractivity contribution is -0.122. The molecule has 1 aromatic heterocycles. The number of aromatic nitrogens is 2. The van der Waals surface area contributed by atoms with Gasteiger partial charge >= 0.3 is 0 Å². The van der Waals surface area contributed by atoms with Gasteiger partial charge in [0.15, 0.2) is 6.61 Å². The summed E-state index contributed by atoms with van der Waals surface area (Å²) in [5.74, 6) is 0.422. The third-order valence-electron chi connectivity index (χ3n) is 2.43. The summed E-state index contributed by atoms with van der Waals surface area (Å²) in [4.78, 5) is 19.3. The number of halogens is 2. The summed E-state index contributed by atoms with van der Waals surface area (Å²) in [6.45, 7) is 1.70. The third kappa shape index (κ3) is 4.77.